The molecule has 3 rings (SSSR count). The maximum absolute atomic E-state index is 10.9. The summed E-state index contributed by atoms with van der Waals surface area (Å²) in [4.78, 5) is 13.7. The first-order chi connectivity index (χ1) is 8.72. The van der Waals surface area contributed by atoms with Gasteiger partial charge < -0.3 is 19.6 Å². The van der Waals surface area contributed by atoms with Crippen LogP contribution in [0.25, 0.3) is 10.9 Å². The van der Waals surface area contributed by atoms with Crippen LogP contribution in [0.1, 0.15) is 16.9 Å². The molecule has 5 heteroatoms. The van der Waals surface area contributed by atoms with Gasteiger partial charge in [0.15, 0.2) is 0 Å². The average molecular weight is 247 g/mol. The fourth-order valence-corrected chi connectivity index (χ4v) is 2.10. The standard InChI is InChI=1S/C13H13NO4/c15-13(16)12-6-8-5-9(1-2-11(8)14-12)18-10-3-4-17-7-10/h1-2,5-6,10,14H,3-4,7H2,(H,15,16)/t10-/m0/s1. The molecule has 1 fully saturated rings. The Kier molecular flexibility index (Phi) is 2.68. The van der Waals surface area contributed by atoms with Crippen LogP contribution in [0.2, 0.25) is 0 Å². The molecule has 2 heterocycles. The molecule has 0 unspecified atom stereocenters. The molecule has 1 atom stereocenters. The lowest BCUT2D eigenvalue weighted by Crippen LogP contribution is -2.15. The fraction of sp³-hybridized carbons (Fsp3) is 0.308. The molecule has 1 aliphatic heterocycles. The van der Waals surface area contributed by atoms with Crippen LogP contribution in [0.5, 0.6) is 5.75 Å². The molecule has 0 spiro atoms. The zero-order valence-corrected chi connectivity index (χ0v) is 9.68. The molecule has 5 nitrogen and oxygen atoms in total. The summed E-state index contributed by atoms with van der Waals surface area (Å²) in [7, 11) is 0. The summed E-state index contributed by atoms with van der Waals surface area (Å²) >= 11 is 0. The number of aromatic carboxylic acids is 1. The van der Waals surface area contributed by atoms with E-state index in [4.69, 9.17) is 14.6 Å². The van der Waals surface area contributed by atoms with Gasteiger partial charge in [-0.15, -0.1) is 0 Å². The van der Waals surface area contributed by atoms with E-state index in [1.165, 1.54) is 0 Å². The second-order valence-corrected chi connectivity index (χ2v) is 4.34. The number of nitrogens with one attached hydrogen (secondary N) is 1. The maximum atomic E-state index is 10.9. The van der Waals surface area contributed by atoms with Crippen molar-refractivity contribution < 1.29 is 19.4 Å². The first-order valence-electron chi connectivity index (χ1n) is 5.83. The van der Waals surface area contributed by atoms with Gasteiger partial charge in [0.1, 0.15) is 17.5 Å². The van der Waals surface area contributed by atoms with Crippen LogP contribution in [0.3, 0.4) is 0 Å². The van der Waals surface area contributed by atoms with Crippen LogP contribution >= 0.6 is 0 Å². The van der Waals surface area contributed by atoms with Gasteiger partial charge >= 0.3 is 5.97 Å². The second-order valence-electron chi connectivity index (χ2n) is 4.34. The van der Waals surface area contributed by atoms with Gasteiger partial charge in [0.25, 0.3) is 0 Å². The SMILES string of the molecule is O=C(O)c1cc2cc(O[C@H]3CCOC3)ccc2[nH]1. The summed E-state index contributed by atoms with van der Waals surface area (Å²) in [5.74, 6) is -0.216. The van der Waals surface area contributed by atoms with Gasteiger partial charge in [-0.1, -0.05) is 0 Å². The quantitative estimate of drug-likeness (QED) is 0.870. The number of aromatic amines is 1. The number of ether oxygens (including phenoxy) is 2. The molecule has 94 valence electrons. The summed E-state index contributed by atoms with van der Waals surface area (Å²) in [6, 6.07) is 7.11. The third-order valence-electron chi connectivity index (χ3n) is 3.01. The van der Waals surface area contributed by atoms with E-state index in [0.717, 1.165) is 29.7 Å². The molecule has 18 heavy (non-hydrogen) atoms. The zero-order chi connectivity index (χ0) is 12.5. The van der Waals surface area contributed by atoms with E-state index in [0.29, 0.717) is 6.61 Å². The molecule has 1 aliphatic rings. The van der Waals surface area contributed by atoms with E-state index in [1.54, 1.807) is 6.07 Å². The lowest BCUT2D eigenvalue weighted by molar-refractivity contribution is 0.0691. The minimum absolute atomic E-state index is 0.0975. The Morgan fingerprint density at radius 1 is 1.44 bits per heavy atom. The molecule has 0 amide bonds. The lowest BCUT2D eigenvalue weighted by Gasteiger charge is -2.11. The topological polar surface area (TPSA) is 71.6 Å². The Morgan fingerprint density at radius 3 is 3.06 bits per heavy atom. The summed E-state index contributed by atoms with van der Waals surface area (Å²) in [6.45, 7) is 1.35. The highest BCUT2D eigenvalue weighted by Crippen LogP contribution is 2.23. The van der Waals surface area contributed by atoms with Crippen molar-refractivity contribution in [2.75, 3.05) is 13.2 Å². The van der Waals surface area contributed by atoms with Crippen LogP contribution in [0.4, 0.5) is 0 Å². The molecule has 2 N–H and O–H groups in total. The molecule has 1 saturated heterocycles. The highest BCUT2D eigenvalue weighted by atomic mass is 16.5. The molecular weight excluding hydrogens is 234 g/mol. The predicted octanol–water partition coefficient (Wildman–Crippen LogP) is 2.03. The van der Waals surface area contributed by atoms with Crippen LogP contribution in [-0.2, 0) is 4.74 Å². The van der Waals surface area contributed by atoms with Crippen molar-refractivity contribution in [3.8, 4) is 5.75 Å². The maximum Gasteiger partial charge on any atom is 0.352 e. The van der Waals surface area contributed by atoms with Gasteiger partial charge in [0.05, 0.1) is 13.2 Å². The molecule has 1 aromatic heterocycles. The first-order valence-corrected chi connectivity index (χ1v) is 5.83. The number of benzene rings is 1. The normalized spacial score (nSPS) is 19.2. The molecule has 0 saturated carbocycles. The van der Waals surface area contributed by atoms with Gasteiger partial charge in [-0.25, -0.2) is 4.79 Å². The largest absolute Gasteiger partial charge is 0.488 e. The highest BCUT2D eigenvalue weighted by molar-refractivity contribution is 5.94. The number of carbonyl (C=O) groups is 1. The van der Waals surface area contributed by atoms with Gasteiger partial charge in [-0.3, -0.25) is 0 Å². The Balaban J connectivity index is 1.87. The summed E-state index contributed by atoms with van der Waals surface area (Å²) in [5, 5.41) is 9.74. The molecule has 1 aromatic carbocycles. The molecule has 0 aliphatic carbocycles. The Bertz CT molecular complexity index is 584. The monoisotopic (exact) mass is 247 g/mol. The lowest BCUT2D eigenvalue weighted by atomic mass is 10.2. The van der Waals surface area contributed by atoms with Gasteiger partial charge in [-0.2, -0.15) is 0 Å². The molecular formula is C13H13NO4. The van der Waals surface area contributed by atoms with E-state index in [2.05, 4.69) is 4.98 Å². The number of aromatic nitrogens is 1. The smallest absolute Gasteiger partial charge is 0.352 e. The van der Waals surface area contributed by atoms with Gasteiger partial charge in [0.2, 0.25) is 0 Å². The average Bonchev–Trinajstić information content (AvgIpc) is 2.96. The Labute approximate surface area is 103 Å². The third-order valence-corrected chi connectivity index (χ3v) is 3.01. The van der Waals surface area contributed by atoms with Gasteiger partial charge in [0, 0.05) is 17.3 Å². The van der Waals surface area contributed by atoms with E-state index in [9.17, 15) is 4.79 Å². The van der Waals surface area contributed by atoms with Crippen LogP contribution < -0.4 is 4.74 Å². The second kappa shape index (κ2) is 4.34. The number of carboxylic acid groups (broad SMARTS) is 1. The van der Waals surface area contributed by atoms with Crippen molar-refractivity contribution in [1.82, 2.24) is 4.98 Å². The number of hydrogen-bond donors (Lipinski definition) is 2. The van der Waals surface area contributed by atoms with Crippen molar-refractivity contribution in [3.63, 3.8) is 0 Å². The van der Waals surface area contributed by atoms with Crippen molar-refractivity contribution in [1.29, 1.82) is 0 Å². The van der Waals surface area contributed by atoms with Crippen molar-refractivity contribution >= 4 is 16.9 Å². The van der Waals surface area contributed by atoms with Gasteiger partial charge in [-0.05, 0) is 24.3 Å². The van der Waals surface area contributed by atoms with E-state index in [-0.39, 0.29) is 11.8 Å². The zero-order valence-electron chi connectivity index (χ0n) is 9.68. The Morgan fingerprint density at radius 2 is 2.33 bits per heavy atom. The number of hydrogen-bond acceptors (Lipinski definition) is 3. The van der Waals surface area contributed by atoms with Crippen LogP contribution in [0.15, 0.2) is 24.3 Å². The minimum Gasteiger partial charge on any atom is -0.488 e. The predicted molar refractivity (Wildman–Crippen MR) is 65.1 cm³/mol. The molecule has 0 radical (unpaired) electrons. The molecule has 0 bridgehead atoms. The summed E-state index contributed by atoms with van der Waals surface area (Å²) in [6.07, 6.45) is 0.992. The van der Waals surface area contributed by atoms with Crippen LogP contribution in [0, 0.1) is 0 Å². The first kappa shape index (κ1) is 11.1. The van der Waals surface area contributed by atoms with E-state index in [1.807, 2.05) is 18.2 Å². The minimum atomic E-state index is -0.960. The summed E-state index contributed by atoms with van der Waals surface area (Å²) in [5.41, 5.74) is 0.980. The molecule has 2 aromatic rings. The van der Waals surface area contributed by atoms with Crippen molar-refractivity contribution in [2.45, 2.75) is 12.5 Å². The van der Waals surface area contributed by atoms with E-state index < -0.39 is 5.97 Å². The van der Waals surface area contributed by atoms with Crippen LogP contribution in [-0.4, -0.2) is 35.4 Å². The number of H-pyrrole nitrogens is 1. The van der Waals surface area contributed by atoms with Crippen molar-refractivity contribution in [3.05, 3.63) is 30.0 Å². The Hall–Kier alpha value is -2.01. The fourth-order valence-electron chi connectivity index (χ4n) is 2.10. The van der Waals surface area contributed by atoms with E-state index >= 15 is 0 Å². The number of carboxylic acids is 1. The third kappa shape index (κ3) is 2.04. The van der Waals surface area contributed by atoms with Crippen molar-refractivity contribution in [2.24, 2.45) is 0 Å². The summed E-state index contributed by atoms with van der Waals surface area (Å²) < 4.78 is 11.0. The number of rotatable bonds is 3. The number of fused-ring (bicyclic) bond motifs is 1. The highest BCUT2D eigenvalue weighted by Gasteiger charge is 2.17.